The maximum atomic E-state index is 11.7. The van der Waals surface area contributed by atoms with Gasteiger partial charge in [0.1, 0.15) is 10.2 Å². The topological polar surface area (TPSA) is 32.3 Å². The van der Waals surface area contributed by atoms with Crippen LogP contribution < -0.4 is 15.6 Å². The number of rotatable bonds is 8. The van der Waals surface area contributed by atoms with Crippen LogP contribution in [0.4, 0.5) is 11.4 Å². The Kier molecular flexibility index (Phi) is 5.79. The highest BCUT2D eigenvalue weighted by atomic mass is 32.1. The molecule has 1 aromatic carbocycles. The van der Waals surface area contributed by atoms with Crippen molar-refractivity contribution in [2.75, 3.05) is 30.4 Å². The average Bonchev–Trinajstić information content (AvgIpc) is 2.35. The second-order valence-electron chi connectivity index (χ2n) is 5.21. The molecule has 1 rings (SSSR count). The van der Waals surface area contributed by atoms with E-state index >= 15 is 0 Å². The summed E-state index contributed by atoms with van der Waals surface area (Å²) in [7, 11) is 1.93. The molecule has 0 radical (unpaired) electrons. The summed E-state index contributed by atoms with van der Waals surface area (Å²) in [5, 5.41) is 3.31. The molecule has 0 aromatic heterocycles. The van der Waals surface area contributed by atoms with Gasteiger partial charge in [0.05, 0.1) is 5.69 Å². The molecule has 0 saturated heterocycles. The highest BCUT2D eigenvalue weighted by Gasteiger charge is 2.19. The van der Waals surface area contributed by atoms with Crippen LogP contribution in [0.15, 0.2) is 4.79 Å². The van der Waals surface area contributed by atoms with Crippen LogP contribution in [0.3, 0.4) is 0 Å². The zero-order valence-electron chi connectivity index (χ0n) is 11.9. The molecule has 3 nitrogen and oxygen atoms in total. The van der Waals surface area contributed by atoms with Crippen LogP contribution >= 0.6 is 12.2 Å². The Morgan fingerprint density at radius 3 is 2.56 bits per heavy atom. The first kappa shape index (κ1) is 15.2. The Hall–Kier alpha value is -0.900. The van der Waals surface area contributed by atoms with E-state index in [2.05, 4.69) is 19.2 Å². The van der Waals surface area contributed by atoms with Gasteiger partial charge in [-0.15, -0.1) is 0 Å². The van der Waals surface area contributed by atoms with Crippen LogP contribution in [0.25, 0.3) is 0 Å². The van der Waals surface area contributed by atoms with E-state index in [1.54, 1.807) is 0 Å². The second-order valence-corrected chi connectivity index (χ2v) is 5.62. The summed E-state index contributed by atoms with van der Waals surface area (Å²) in [6.45, 7) is 8.23. The minimum atomic E-state index is 0.0130. The third-order valence-corrected chi connectivity index (χ3v) is 3.64. The van der Waals surface area contributed by atoms with Crippen molar-refractivity contribution in [1.29, 1.82) is 0 Å². The molecule has 0 saturated carbocycles. The van der Waals surface area contributed by atoms with Gasteiger partial charge in [0.25, 0.3) is 0 Å². The maximum Gasteiger partial charge on any atom is 0.224 e. The summed E-state index contributed by atoms with van der Waals surface area (Å²) in [6, 6.07) is 0. The van der Waals surface area contributed by atoms with Crippen molar-refractivity contribution in [2.24, 2.45) is 5.92 Å². The highest BCUT2D eigenvalue weighted by molar-refractivity contribution is 7.71. The Balaban J connectivity index is 2.46. The third-order valence-electron chi connectivity index (χ3n) is 3.25. The van der Waals surface area contributed by atoms with E-state index in [0.29, 0.717) is 4.51 Å². The van der Waals surface area contributed by atoms with Gasteiger partial charge in [0, 0.05) is 20.1 Å². The fraction of sp³-hybridized carbons (Fsp3) is 0.714. The highest BCUT2D eigenvalue weighted by Crippen LogP contribution is 2.26. The quantitative estimate of drug-likeness (QED) is 0.579. The molecule has 0 bridgehead atoms. The fourth-order valence-corrected chi connectivity index (χ4v) is 2.22. The van der Waals surface area contributed by atoms with Crippen LogP contribution in [-0.2, 0) is 0 Å². The molecule has 0 aliphatic carbocycles. The van der Waals surface area contributed by atoms with Crippen molar-refractivity contribution in [3.63, 3.8) is 0 Å². The smallest absolute Gasteiger partial charge is 0.224 e. The molecule has 0 fully saturated rings. The Morgan fingerprint density at radius 1 is 1.33 bits per heavy atom. The number of unbranched alkanes of at least 4 members (excludes halogenated alkanes) is 1. The van der Waals surface area contributed by atoms with Gasteiger partial charge in [-0.3, -0.25) is 4.79 Å². The summed E-state index contributed by atoms with van der Waals surface area (Å²) < 4.78 is 0.467. The third kappa shape index (κ3) is 3.55. The van der Waals surface area contributed by atoms with E-state index in [-0.39, 0.29) is 5.43 Å². The summed E-state index contributed by atoms with van der Waals surface area (Å²) in [4.78, 5) is 13.6. The van der Waals surface area contributed by atoms with Gasteiger partial charge >= 0.3 is 0 Å². The van der Waals surface area contributed by atoms with E-state index in [1.807, 2.05) is 18.9 Å². The number of hydrogen-bond donors (Lipinski definition) is 1. The molecular formula is C14H24N2OS. The van der Waals surface area contributed by atoms with E-state index in [9.17, 15) is 4.79 Å². The lowest BCUT2D eigenvalue weighted by Gasteiger charge is -2.23. The Labute approximate surface area is 115 Å². The summed E-state index contributed by atoms with van der Waals surface area (Å²) in [5.74, 6) is 0.761. The molecule has 0 atom stereocenters. The predicted molar refractivity (Wildman–Crippen MR) is 82.0 cm³/mol. The molecular weight excluding hydrogens is 244 g/mol. The number of nitrogens with one attached hydrogen (secondary N) is 1. The average molecular weight is 268 g/mol. The SMILES string of the molecule is CCN(C)c1c(NCCCCC(C)C)c(=S)c1=O. The molecule has 18 heavy (non-hydrogen) atoms. The van der Waals surface area contributed by atoms with Crippen molar-refractivity contribution in [3.8, 4) is 0 Å². The predicted octanol–water partition coefficient (Wildman–Crippen LogP) is 3.35. The minimum absolute atomic E-state index is 0.0130. The lowest BCUT2D eigenvalue weighted by atomic mass is 10.1. The molecule has 4 heteroatoms. The number of nitrogens with zero attached hydrogens (tertiary/aromatic N) is 1. The molecule has 1 N–H and O–H groups in total. The summed E-state index contributed by atoms with van der Waals surface area (Å²) in [5.41, 5.74) is 1.65. The van der Waals surface area contributed by atoms with Gasteiger partial charge < -0.3 is 10.2 Å². The summed E-state index contributed by atoms with van der Waals surface area (Å²) in [6.07, 6.45) is 3.60. The van der Waals surface area contributed by atoms with Crippen LogP contribution in [0, 0.1) is 10.4 Å². The second kappa shape index (κ2) is 6.88. The molecule has 102 valence electrons. The van der Waals surface area contributed by atoms with Crippen LogP contribution in [0.1, 0.15) is 40.0 Å². The fourth-order valence-electron chi connectivity index (χ4n) is 1.96. The molecule has 0 unspecified atom stereocenters. The molecule has 0 spiro atoms. The lowest BCUT2D eigenvalue weighted by Crippen LogP contribution is -2.29. The molecule has 1 aromatic rings. The zero-order chi connectivity index (χ0) is 13.7. The van der Waals surface area contributed by atoms with Gasteiger partial charge in [0.15, 0.2) is 0 Å². The largest absolute Gasteiger partial charge is 0.382 e. The van der Waals surface area contributed by atoms with E-state index in [4.69, 9.17) is 12.2 Å². The number of anilines is 2. The van der Waals surface area contributed by atoms with Gasteiger partial charge in [-0.2, -0.15) is 0 Å². The first-order valence-electron chi connectivity index (χ1n) is 6.77. The van der Waals surface area contributed by atoms with Crippen molar-refractivity contribution in [2.45, 2.75) is 40.0 Å². The van der Waals surface area contributed by atoms with Crippen molar-refractivity contribution in [3.05, 3.63) is 14.7 Å². The first-order chi connectivity index (χ1) is 8.49. The molecule has 0 aliphatic rings. The molecule has 0 aliphatic heterocycles. The van der Waals surface area contributed by atoms with Gasteiger partial charge in [-0.1, -0.05) is 38.9 Å². The van der Waals surface area contributed by atoms with Crippen molar-refractivity contribution < 1.29 is 0 Å². The maximum absolute atomic E-state index is 11.7. The van der Waals surface area contributed by atoms with Gasteiger partial charge in [0.2, 0.25) is 5.43 Å². The van der Waals surface area contributed by atoms with E-state index in [0.717, 1.165) is 36.8 Å². The first-order valence-corrected chi connectivity index (χ1v) is 7.18. The van der Waals surface area contributed by atoms with E-state index < -0.39 is 0 Å². The van der Waals surface area contributed by atoms with Crippen molar-refractivity contribution in [1.82, 2.24) is 0 Å². The summed E-state index contributed by atoms with van der Waals surface area (Å²) >= 11 is 5.09. The number of hydrogen-bond acceptors (Lipinski definition) is 4. The molecule has 0 amide bonds. The Morgan fingerprint density at radius 2 is 2.00 bits per heavy atom. The van der Waals surface area contributed by atoms with Gasteiger partial charge in [-0.25, -0.2) is 0 Å². The molecule has 0 heterocycles. The lowest BCUT2D eigenvalue weighted by molar-refractivity contribution is 0.545. The van der Waals surface area contributed by atoms with Crippen molar-refractivity contribution >= 4 is 23.6 Å². The van der Waals surface area contributed by atoms with Crippen LogP contribution in [0.2, 0.25) is 0 Å². The minimum Gasteiger partial charge on any atom is -0.382 e. The van der Waals surface area contributed by atoms with Crippen LogP contribution in [0.5, 0.6) is 0 Å². The van der Waals surface area contributed by atoms with Gasteiger partial charge in [-0.05, 0) is 19.3 Å². The zero-order valence-corrected chi connectivity index (χ0v) is 12.7. The van der Waals surface area contributed by atoms with Crippen LogP contribution in [-0.4, -0.2) is 20.1 Å². The normalized spacial score (nSPS) is 11.2. The Bertz CT molecular complexity index is 447. The van der Waals surface area contributed by atoms with E-state index in [1.165, 1.54) is 12.8 Å². The monoisotopic (exact) mass is 268 g/mol. The standard InChI is InChI=1S/C14H24N2OS/c1-5-16(4)12-11(14(18)13(12)17)15-9-7-6-8-10(2)3/h10,15H,5-9H2,1-4H3.